The van der Waals surface area contributed by atoms with E-state index in [0.29, 0.717) is 18.1 Å². The van der Waals surface area contributed by atoms with Gasteiger partial charge in [-0.1, -0.05) is 13.8 Å². The second-order valence-electron chi connectivity index (χ2n) is 5.26. The summed E-state index contributed by atoms with van der Waals surface area (Å²) in [6, 6.07) is 7.16. The van der Waals surface area contributed by atoms with Gasteiger partial charge >= 0.3 is 5.97 Å². The zero-order chi connectivity index (χ0) is 17.5. The highest BCUT2D eigenvalue weighted by Gasteiger charge is 2.19. The summed E-state index contributed by atoms with van der Waals surface area (Å²) in [5.74, 6) is -0.159. The van der Waals surface area contributed by atoms with Gasteiger partial charge in [-0.2, -0.15) is 4.80 Å². The summed E-state index contributed by atoms with van der Waals surface area (Å²) in [5, 5.41) is 11.7. The third-order valence-electron chi connectivity index (χ3n) is 3.72. The number of rotatable bonds is 8. The number of carbonyl (C=O) groups is 1. The standard InChI is InChI=1S/C16H24N6O2/c1-4-21(5-2)10-11-22-19-14(16(23)24-3)15(20-22)18-13-8-6-12(17)7-9-13/h6-9H,4-5,10-11,17H2,1-3H3,(H,18,20). The third kappa shape index (κ3) is 4.45. The van der Waals surface area contributed by atoms with Crippen molar-refractivity contribution < 1.29 is 9.53 Å². The molecule has 0 atom stereocenters. The van der Waals surface area contributed by atoms with E-state index < -0.39 is 5.97 Å². The first kappa shape index (κ1) is 17.7. The maximum atomic E-state index is 11.9. The summed E-state index contributed by atoms with van der Waals surface area (Å²) in [4.78, 5) is 15.7. The minimum absolute atomic E-state index is 0.161. The van der Waals surface area contributed by atoms with E-state index in [2.05, 4.69) is 34.3 Å². The molecule has 0 aliphatic rings. The minimum Gasteiger partial charge on any atom is -0.464 e. The molecule has 0 unspecified atom stereocenters. The number of ether oxygens (including phenoxy) is 1. The van der Waals surface area contributed by atoms with Crippen molar-refractivity contribution in [2.45, 2.75) is 20.4 Å². The smallest absolute Gasteiger partial charge is 0.362 e. The molecular weight excluding hydrogens is 308 g/mol. The number of carbonyl (C=O) groups excluding carboxylic acids is 1. The lowest BCUT2D eigenvalue weighted by atomic mass is 10.3. The molecule has 1 heterocycles. The predicted octanol–water partition coefficient (Wildman–Crippen LogP) is 1.73. The highest BCUT2D eigenvalue weighted by molar-refractivity contribution is 5.93. The van der Waals surface area contributed by atoms with Gasteiger partial charge in [-0.3, -0.25) is 0 Å². The Balaban J connectivity index is 2.18. The second-order valence-corrected chi connectivity index (χ2v) is 5.26. The van der Waals surface area contributed by atoms with E-state index in [1.54, 1.807) is 12.1 Å². The first-order valence-electron chi connectivity index (χ1n) is 7.95. The van der Waals surface area contributed by atoms with Gasteiger partial charge in [-0.25, -0.2) is 4.79 Å². The fraction of sp³-hybridized carbons (Fsp3) is 0.438. The zero-order valence-corrected chi connectivity index (χ0v) is 14.3. The number of esters is 1. The van der Waals surface area contributed by atoms with E-state index in [1.807, 2.05) is 12.1 Å². The summed E-state index contributed by atoms with van der Waals surface area (Å²) in [6.07, 6.45) is 0. The van der Waals surface area contributed by atoms with Crippen LogP contribution in [0, 0.1) is 0 Å². The Labute approximate surface area is 141 Å². The Morgan fingerprint density at radius 1 is 1.25 bits per heavy atom. The molecule has 0 saturated heterocycles. The average molecular weight is 332 g/mol. The molecule has 1 aromatic heterocycles. The quantitative estimate of drug-likeness (QED) is 0.561. The molecule has 0 radical (unpaired) electrons. The summed E-state index contributed by atoms with van der Waals surface area (Å²) in [6.45, 7) is 7.52. The summed E-state index contributed by atoms with van der Waals surface area (Å²) in [7, 11) is 1.32. The number of nitrogen functional groups attached to an aromatic ring is 1. The van der Waals surface area contributed by atoms with Crippen molar-refractivity contribution >= 4 is 23.2 Å². The minimum atomic E-state index is -0.526. The predicted molar refractivity (Wildman–Crippen MR) is 93.3 cm³/mol. The summed E-state index contributed by atoms with van der Waals surface area (Å²) in [5.41, 5.74) is 7.27. The van der Waals surface area contributed by atoms with Crippen LogP contribution in [0.25, 0.3) is 0 Å². The molecule has 0 fully saturated rings. The lowest BCUT2D eigenvalue weighted by Gasteiger charge is -2.16. The van der Waals surface area contributed by atoms with Crippen molar-refractivity contribution in [2.75, 3.05) is 37.8 Å². The molecule has 0 spiro atoms. The van der Waals surface area contributed by atoms with Gasteiger partial charge in [0.2, 0.25) is 5.69 Å². The molecule has 0 bridgehead atoms. The van der Waals surface area contributed by atoms with Crippen molar-refractivity contribution in [1.29, 1.82) is 0 Å². The molecule has 130 valence electrons. The van der Waals surface area contributed by atoms with E-state index in [1.165, 1.54) is 11.9 Å². The molecule has 3 N–H and O–H groups in total. The first-order valence-corrected chi connectivity index (χ1v) is 7.95. The summed E-state index contributed by atoms with van der Waals surface area (Å²) >= 11 is 0. The monoisotopic (exact) mass is 332 g/mol. The van der Waals surface area contributed by atoms with Crippen LogP contribution in [0.15, 0.2) is 24.3 Å². The maximum absolute atomic E-state index is 11.9. The molecule has 1 aromatic carbocycles. The Bertz CT molecular complexity index is 664. The average Bonchev–Trinajstić information content (AvgIpc) is 3.00. The Kier molecular flexibility index (Phi) is 6.14. The van der Waals surface area contributed by atoms with E-state index >= 15 is 0 Å². The molecule has 0 amide bonds. The number of nitrogens with one attached hydrogen (secondary N) is 1. The number of hydrogen-bond acceptors (Lipinski definition) is 7. The Hall–Kier alpha value is -2.61. The number of likely N-dealkylation sites (N-methyl/N-ethyl adjacent to an activating group) is 1. The molecule has 8 heteroatoms. The number of nitrogens with zero attached hydrogens (tertiary/aromatic N) is 4. The van der Waals surface area contributed by atoms with E-state index in [4.69, 9.17) is 10.5 Å². The molecule has 2 aromatic rings. The van der Waals surface area contributed by atoms with Crippen LogP contribution in [0.5, 0.6) is 0 Å². The molecule has 24 heavy (non-hydrogen) atoms. The van der Waals surface area contributed by atoms with Crippen molar-refractivity contribution in [3.05, 3.63) is 30.0 Å². The number of benzene rings is 1. The number of anilines is 3. The van der Waals surface area contributed by atoms with E-state index in [9.17, 15) is 4.79 Å². The van der Waals surface area contributed by atoms with Gasteiger partial charge in [-0.05, 0) is 37.4 Å². The fourth-order valence-electron chi connectivity index (χ4n) is 2.24. The highest BCUT2D eigenvalue weighted by Crippen LogP contribution is 2.19. The van der Waals surface area contributed by atoms with Crippen LogP contribution in [0.3, 0.4) is 0 Å². The van der Waals surface area contributed by atoms with E-state index in [-0.39, 0.29) is 5.69 Å². The highest BCUT2D eigenvalue weighted by atomic mass is 16.5. The topological polar surface area (TPSA) is 98.3 Å². The molecule has 0 saturated carbocycles. The SMILES string of the molecule is CCN(CC)CCn1nc(Nc2ccc(N)cc2)c(C(=O)OC)n1. The normalized spacial score (nSPS) is 10.8. The number of aromatic nitrogens is 3. The van der Waals surface area contributed by atoms with Crippen LogP contribution in [-0.4, -0.2) is 52.6 Å². The number of nitrogens with two attached hydrogens (primary N) is 1. The number of hydrogen-bond donors (Lipinski definition) is 2. The van der Waals surface area contributed by atoms with E-state index in [0.717, 1.165) is 25.3 Å². The molecule has 0 aliphatic carbocycles. The van der Waals surface area contributed by atoms with Crippen LogP contribution < -0.4 is 11.1 Å². The van der Waals surface area contributed by atoms with Gasteiger partial charge in [0.15, 0.2) is 5.82 Å². The fourth-order valence-corrected chi connectivity index (χ4v) is 2.24. The van der Waals surface area contributed by atoms with Gasteiger partial charge in [0.05, 0.1) is 13.7 Å². The summed E-state index contributed by atoms with van der Waals surface area (Å²) < 4.78 is 4.79. The second kappa shape index (κ2) is 8.30. The molecule has 0 aliphatic heterocycles. The van der Waals surface area contributed by atoms with Gasteiger partial charge in [0, 0.05) is 17.9 Å². The van der Waals surface area contributed by atoms with Crippen LogP contribution in [-0.2, 0) is 11.3 Å². The molecular formula is C16H24N6O2. The zero-order valence-electron chi connectivity index (χ0n) is 14.3. The van der Waals surface area contributed by atoms with Crippen LogP contribution >= 0.6 is 0 Å². The lowest BCUT2D eigenvalue weighted by Crippen LogP contribution is -2.27. The number of methoxy groups -OCH3 is 1. The molecule has 8 nitrogen and oxygen atoms in total. The first-order chi connectivity index (χ1) is 11.6. The van der Waals surface area contributed by atoms with Crippen molar-refractivity contribution in [3.8, 4) is 0 Å². The Morgan fingerprint density at radius 3 is 2.50 bits per heavy atom. The van der Waals surface area contributed by atoms with Crippen LogP contribution in [0.1, 0.15) is 24.3 Å². The van der Waals surface area contributed by atoms with Crippen molar-refractivity contribution in [2.24, 2.45) is 0 Å². The lowest BCUT2D eigenvalue weighted by molar-refractivity contribution is 0.0594. The van der Waals surface area contributed by atoms with Gasteiger partial charge in [0.1, 0.15) is 0 Å². The van der Waals surface area contributed by atoms with Crippen LogP contribution in [0.4, 0.5) is 17.2 Å². The van der Waals surface area contributed by atoms with Gasteiger partial charge < -0.3 is 20.7 Å². The maximum Gasteiger partial charge on any atom is 0.362 e. The van der Waals surface area contributed by atoms with Crippen molar-refractivity contribution in [3.63, 3.8) is 0 Å². The third-order valence-corrected chi connectivity index (χ3v) is 3.72. The van der Waals surface area contributed by atoms with Gasteiger partial charge in [-0.15, -0.1) is 10.2 Å². The van der Waals surface area contributed by atoms with Gasteiger partial charge in [0.25, 0.3) is 0 Å². The van der Waals surface area contributed by atoms with Crippen LogP contribution in [0.2, 0.25) is 0 Å². The van der Waals surface area contributed by atoms with Crippen molar-refractivity contribution in [1.82, 2.24) is 19.9 Å². The molecule has 2 rings (SSSR count). The largest absolute Gasteiger partial charge is 0.464 e. The Morgan fingerprint density at radius 2 is 1.92 bits per heavy atom.